The number of aromatic nitrogens is 3. The van der Waals surface area contributed by atoms with Crippen molar-refractivity contribution < 1.29 is 9.18 Å². The Morgan fingerprint density at radius 2 is 1.71 bits per heavy atom. The minimum absolute atomic E-state index is 0.202. The first-order valence-electron chi connectivity index (χ1n) is 10.3. The van der Waals surface area contributed by atoms with Crippen molar-refractivity contribution in [2.75, 3.05) is 0 Å². The van der Waals surface area contributed by atoms with Gasteiger partial charge in [-0.05, 0) is 30.7 Å². The normalized spacial score (nSPS) is 12.7. The van der Waals surface area contributed by atoms with Crippen molar-refractivity contribution in [2.24, 2.45) is 0 Å². The first-order valence-corrected chi connectivity index (χ1v) is 10.3. The van der Waals surface area contributed by atoms with E-state index in [0.29, 0.717) is 22.6 Å². The molecule has 4 aromatic rings. The Bertz CT molecular complexity index is 1240. The molecule has 0 saturated carbocycles. The van der Waals surface area contributed by atoms with Crippen LogP contribution in [-0.2, 0) is 5.41 Å². The van der Waals surface area contributed by atoms with Crippen molar-refractivity contribution in [3.05, 3.63) is 89.5 Å². The van der Waals surface area contributed by atoms with Crippen molar-refractivity contribution in [3.8, 4) is 11.3 Å². The van der Waals surface area contributed by atoms with Crippen molar-refractivity contribution in [3.63, 3.8) is 0 Å². The Morgan fingerprint density at radius 1 is 1.03 bits per heavy atom. The van der Waals surface area contributed by atoms with Gasteiger partial charge in [-0.1, -0.05) is 63.2 Å². The molecule has 2 aromatic heterocycles. The van der Waals surface area contributed by atoms with Gasteiger partial charge in [0, 0.05) is 17.0 Å². The number of hydrogen-bond donors (Lipinski definition) is 1. The summed E-state index contributed by atoms with van der Waals surface area (Å²) in [4.78, 5) is 17.9. The number of amides is 1. The number of benzene rings is 2. The van der Waals surface area contributed by atoms with Crippen molar-refractivity contribution in [2.45, 2.75) is 39.2 Å². The molecule has 0 radical (unpaired) electrons. The standard InChI is InChI=1S/C25H25FN4O/c1-16(17-10-6-5-7-11-17)27-24(31)21-14-20(18-12-8-9-13-19(18)26)28-23-15-22(25(2,3)4)29-30(21)23/h5-16H,1-4H3,(H,27,31). The molecule has 158 valence electrons. The maximum atomic E-state index is 14.5. The topological polar surface area (TPSA) is 59.3 Å². The van der Waals surface area contributed by atoms with E-state index in [0.717, 1.165) is 11.3 Å². The van der Waals surface area contributed by atoms with Crippen LogP contribution in [0.2, 0.25) is 0 Å². The van der Waals surface area contributed by atoms with E-state index >= 15 is 0 Å². The number of rotatable bonds is 4. The molecular weight excluding hydrogens is 391 g/mol. The van der Waals surface area contributed by atoms with Crippen LogP contribution in [0.3, 0.4) is 0 Å². The van der Waals surface area contributed by atoms with E-state index < -0.39 is 0 Å². The van der Waals surface area contributed by atoms with E-state index in [1.165, 1.54) is 10.6 Å². The summed E-state index contributed by atoms with van der Waals surface area (Å²) < 4.78 is 16.0. The van der Waals surface area contributed by atoms with Gasteiger partial charge in [-0.25, -0.2) is 13.9 Å². The second kappa shape index (κ2) is 7.95. The molecule has 0 spiro atoms. The second-order valence-corrected chi connectivity index (χ2v) is 8.66. The fourth-order valence-electron chi connectivity index (χ4n) is 3.41. The van der Waals surface area contributed by atoms with E-state index in [2.05, 4.69) is 15.4 Å². The maximum Gasteiger partial charge on any atom is 0.270 e. The zero-order valence-electron chi connectivity index (χ0n) is 18.1. The molecule has 5 nitrogen and oxygen atoms in total. The maximum absolute atomic E-state index is 14.5. The van der Waals surface area contributed by atoms with Crippen LogP contribution in [0.1, 0.15) is 55.5 Å². The average molecular weight is 417 g/mol. The molecule has 1 atom stereocenters. The summed E-state index contributed by atoms with van der Waals surface area (Å²) in [6.07, 6.45) is 0. The molecule has 31 heavy (non-hydrogen) atoms. The molecule has 1 amide bonds. The van der Waals surface area contributed by atoms with E-state index in [1.807, 2.05) is 64.1 Å². The van der Waals surface area contributed by atoms with Gasteiger partial charge in [-0.3, -0.25) is 4.79 Å². The minimum atomic E-state index is -0.390. The van der Waals surface area contributed by atoms with Crippen LogP contribution in [0.25, 0.3) is 16.9 Å². The second-order valence-electron chi connectivity index (χ2n) is 8.66. The molecule has 1 N–H and O–H groups in total. The molecule has 1 unspecified atom stereocenters. The number of halogens is 1. The van der Waals surface area contributed by atoms with Gasteiger partial charge in [0.2, 0.25) is 0 Å². The van der Waals surface area contributed by atoms with Gasteiger partial charge in [-0.15, -0.1) is 0 Å². The van der Waals surface area contributed by atoms with E-state index in [1.54, 1.807) is 24.3 Å². The third kappa shape index (κ3) is 4.19. The summed E-state index contributed by atoms with van der Waals surface area (Å²) >= 11 is 0. The van der Waals surface area contributed by atoms with Crippen LogP contribution < -0.4 is 5.32 Å². The molecule has 2 heterocycles. The highest BCUT2D eigenvalue weighted by Crippen LogP contribution is 2.26. The Hall–Kier alpha value is -3.54. The van der Waals surface area contributed by atoms with Gasteiger partial charge in [0.25, 0.3) is 5.91 Å². The highest BCUT2D eigenvalue weighted by Gasteiger charge is 2.23. The minimum Gasteiger partial charge on any atom is -0.344 e. The zero-order valence-corrected chi connectivity index (χ0v) is 18.1. The average Bonchev–Trinajstić information content (AvgIpc) is 3.19. The lowest BCUT2D eigenvalue weighted by molar-refractivity contribution is 0.0932. The largest absolute Gasteiger partial charge is 0.344 e. The Kier molecular flexibility index (Phi) is 5.31. The van der Waals surface area contributed by atoms with Gasteiger partial charge < -0.3 is 5.32 Å². The van der Waals surface area contributed by atoms with Crippen LogP contribution in [0.4, 0.5) is 4.39 Å². The van der Waals surface area contributed by atoms with Gasteiger partial charge in [0.1, 0.15) is 11.5 Å². The highest BCUT2D eigenvalue weighted by atomic mass is 19.1. The van der Waals surface area contributed by atoms with Crippen LogP contribution in [0.5, 0.6) is 0 Å². The smallest absolute Gasteiger partial charge is 0.270 e. The zero-order chi connectivity index (χ0) is 22.2. The van der Waals surface area contributed by atoms with Crippen molar-refractivity contribution in [1.29, 1.82) is 0 Å². The molecular formula is C25H25FN4O. The predicted molar refractivity (Wildman–Crippen MR) is 119 cm³/mol. The summed E-state index contributed by atoms with van der Waals surface area (Å²) in [6, 6.07) is 19.4. The highest BCUT2D eigenvalue weighted by molar-refractivity contribution is 5.94. The lowest BCUT2D eigenvalue weighted by atomic mass is 9.93. The lowest BCUT2D eigenvalue weighted by Crippen LogP contribution is -2.29. The van der Waals surface area contributed by atoms with Crippen LogP contribution in [0, 0.1) is 5.82 Å². The summed E-state index contributed by atoms with van der Waals surface area (Å²) in [6.45, 7) is 8.06. The summed E-state index contributed by atoms with van der Waals surface area (Å²) in [5, 5.41) is 7.67. The first kappa shape index (κ1) is 20.7. The molecule has 0 bridgehead atoms. The van der Waals surface area contributed by atoms with Crippen LogP contribution in [-0.4, -0.2) is 20.5 Å². The molecule has 6 heteroatoms. The van der Waals surface area contributed by atoms with Gasteiger partial charge >= 0.3 is 0 Å². The van der Waals surface area contributed by atoms with Gasteiger partial charge in [0.15, 0.2) is 5.65 Å². The number of hydrogen-bond acceptors (Lipinski definition) is 3. The summed E-state index contributed by atoms with van der Waals surface area (Å²) in [5.74, 6) is -0.691. The molecule has 0 aliphatic heterocycles. The third-order valence-electron chi connectivity index (χ3n) is 5.23. The van der Waals surface area contributed by atoms with E-state index in [9.17, 15) is 9.18 Å². The number of fused-ring (bicyclic) bond motifs is 1. The number of carbonyl (C=O) groups excluding carboxylic acids is 1. The molecule has 0 aliphatic rings. The molecule has 0 saturated heterocycles. The van der Waals surface area contributed by atoms with Crippen LogP contribution >= 0.6 is 0 Å². The Labute approximate surface area is 181 Å². The number of carbonyl (C=O) groups is 1. The molecule has 4 rings (SSSR count). The SMILES string of the molecule is CC(NC(=O)c1cc(-c2ccccc2F)nc2cc(C(C)(C)C)nn12)c1ccccc1. The van der Waals surface area contributed by atoms with Gasteiger partial charge in [0.05, 0.1) is 17.4 Å². The number of nitrogens with one attached hydrogen (secondary N) is 1. The fourth-order valence-corrected chi connectivity index (χ4v) is 3.41. The van der Waals surface area contributed by atoms with Crippen LogP contribution in [0.15, 0.2) is 66.7 Å². The van der Waals surface area contributed by atoms with Crippen molar-refractivity contribution >= 4 is 11.6 Å². The van der Waals surface area contributed by atoms with E-state index in [-0.39, 0.29) is 23.2 Å². The summed E-state index contributed by atoms with van der Waals surface area (Å²) in [5.41, 5.74) is 3.11. The monoisotopic (exact) mass is 416 g/mol. The molecule has 2 aromatic carbocycles. The Balaban J connectivity index is 1.82. The summed E-state index contributed by atoms with van der Waals surface area (Å²) in [7, 11) is 0. The van der Waals surface area contributed by atoms with Gasteiger partial charge in [-0.2, -0.15) is 5.10 Å². The van der Waals surface area contributed by atoms with E-state index in [4.69, 9.17) is 0 Å². The molecule has 0 aliphatic carbocycles. The number of nitrogens with zero attached hydrogens (tertiary/aromatic N) is 3. The van der Waals surface area contributed by atoms with Crippen molar-refractivity contribution in [1.82, 2.24) is 19.9 Å². The Morgan fingerprint density at radius 3 is 2.39 bits per heavy atom. The third-order valence-corrected chi connectivity index (χ3v) is 5.23. The predicted octanol–water partition coefficient (Wildman–Crippen LogP) is 5.32. The quantitative estimate of drug-likeness (QED) is 0.490. The lowest BCUT2D eigenvalue weighted by Gasteiger charge is -2.16. The molecule has 0 fully saturated rings. The fraction of sp³-hybridized carbons (Fsp3) is 0.240. The first-order chi connectivity index (χ1) is 14.7.